The summed E-state index contributed by atoms with van der Waals surface area (Å²) >= 11 is 5.95. The predicted molar refractivity (Wildman–Crippen MR) is 103 cm³/mol. The number of ketones is 1. The topological polar surface area (TPSA) is 77.4 Å². The summed E-state index contributed by atoms with van der Waals surface area (Å²) in [5, 5.41) is 3.26. The molecule has 0 fully saturated rings. The van der Waals surface area contributed by atoms with Crippen LogP contribution in [0.5, 0.6) is 0 Å². The Morgan fingerprint density at radius 1 is 1.22 bits per heavy atom. The average Bonchev–Trinajstić information content (AvgIpc) is 2.66. The van der Waals surface area contributed by atoms with Gasteiger partial charge in [-0.25, -0.2) is 0 Å². The number of nitrogens with zero attached hydrogens (tertiary/aromatic N) is 1. The van der Waals surface area contributed by atoms with Gasteiger partial charge < -0.3 is 10.1 Å². The van der Waals surface area contributed by atoms with E-state index in [4.69, 9.17) is 16.3 Å². The van der Waals surface area contributed by atoms with Gasteiger partial charge in [-0.3, -0.25) is 19.0 Å². The summed E-state index contributed by atoms with van der Waals surface area (Å²) in [6.07, 6.45) is 2.34. The Morgan fingerprint density at radius 2 is 1.96 bits per heavy atom. The van der Waals surface area contributed by atoms with Crippen molar-refractivity contribution in [3.05, 3.63) is 62.5 Å². The molecule has 0 atom stereocenters. The van der Waals surface area contributed by atoms with Crippen LogP contribution in [0.15, 0.2) is 35.1 Å². The Morgan fingerprint density at radius 3 is 2.67 bits per heavy atom. The van der Waals surface area contributed by atoms with Crippen LogP contribution in [0, 0.1) is 0 Å². The molecule has 1 amide bonds. The lowest BCUT2D eigenvalue weighted by Gasteiger charge is -2.21. The van der Waals surface area contributed by atoms with Gasteiger partial charge in [0.25, 0.3) is 11.5 Å². The number of benzene rings is 1. The molecular formula is C20H21ClN2O4. The Kier molecular flexibility index (Phi) is 6.08. The molecule has 1 aromatic carbocycles. The van der Waals surface area contributed by atoms with E-state index < -0.39 is 11.5 Å². The summed E-state index contributed by atoms with van der Waals surface area (Å²) in [6.45, 7) is 0.899. The fourth-order valence-corrected chi connectivity index (χ4v) is 3.36. The number of carbonyl (C=O) groups is 2. The number of pyridine rings is 1. The van der Waals surface area contributed by atoms with Crippen molar-refractivity contribution < 1.29 is 14.3 Å². The third-order valence-electron chi connectivity index (χ3n) is 4.56. The molecule has 0 saturated carbocycles. The number of rotatable bonds is 6. The van der Waals surface area contributed by atoms with Crippen molar-refractivity contribution in [2.45, 2.75) is 25.7 Å². The third-order valence-corrected chi connectivity index (χ3v) is 4.81. The number of carbonyl (C=O) groups excluding carboxylic acids is 2. The van der Waals surface area contributed by atoms with E-state index in [0.29, 0.717) is 60.8 Å². The molecule has 0 saturated heterocycles. The van der Waals surface area contributed by atoms with E-state index in [-0.39, 0.29) is 11.3 Å². The first-order chi connectivity index (χ1) is 13.0. The standard InChI is InChI=1S/C20H21ClN2O4/c1-27-11-3-10-22-19(25)16-12-15-17(4-2-5-18(15)24)23(20(16)26)14-8-6-13(21)7-9-14/h6-9,12H,2-5,10-11H2,1H3,(H,22,25). The maximum Gasteiger partial charge on any atom is 0.268 e. The lowest BCUT2D eigenvalue weighted by atomic mass is 9.92. The van der Waals surface area contributed by atoms with Crippen molar-refractivity contribution in [1.29, 1.82) is 0 Å². The Balaban J connectivity index is 2.07. The molecule has 0 unspecified atom stereocenters. The number of methoxy groups -OCH3 is 1. The zero-order valence-corrected chi connectivity index (χ0v) is 15.8. The van der Waals surface area contributed by atoms with Crippen LogP contribution in [0.3, 0.4) is 0 Å². The van der Waals surface area contributed by atoms with Crippen molar-refractivity contribution in [3.8, 4) is 5.69 Å². The molecule has 3 rings (SSSR count). The van der Waals surface area contributed by atoms with Crippen molar-refractivity contribution in [1.82, 2.24) is 9.88 Å². The second kappa shape index (κ2) is 8.50. The van der Waals surface area contributed by atoms with Crippen LogP contribution in [0.4, 0.5) is 0 Å². The van der Waals surface area contributed by atoms with Crippen LogP contribution in [-0.2, 0) is 11.2 Å². The molecule has 7 heteroatoms. The van der Waals surface area contributed by atoms with Gasteiger partial charge in [0.05, 0.1) is 0 Å². The van der Waals surface area contributed by atoms with Gasteiger partial charge in [-0.05, 0) is 49.6 Å². The number of aromatic nitrogens is 1. The molecule has 0 spiro atoms. The maximum atomic E-state index is 13.1. The number of halogens is 1. The highest BCUT2D eigenvalue weighted by Gasteiger charge is 2.26. The first kappa shape index (κ1) is 19.3. The quantitative estimate of drug-likeness (QED) is 0.772. The van der Waals surface area contributed by atoms with Crippen LogP contribution in [0.1, 0.15) is 45.7 Å². The fraction of sp³-hybridized carbons (Fsp3) is 0.350. The number of nitrogens with one attached hydrogen (secondary N) is 1. The summed E-state index contributed by atoms with van der Waals surface area (Å²) in [4.78, 5) is 38.1. The first-order valence-electron chi connectivity index (χ1n) is 8.88. The number of Topliss-reactive ketones (excluding diaryl/α,β-unsaturated/α-hetero) is 1. The van der Waals surface area contributed by atoms with Crippen LogP contribution in [0.25, 0.3) is 5.69 Å². The highest BCUT2D eigenvalue weighted by atomic mass is 35.5. The monoisotopic (exact) mass is 388 g/mol. The SMILES string of the molecule is COCCCNC(=O)c1cc2c(n(-c3ccc(Cl)cc3)c1=O)CCCC2=O. The van der Waals surface area contributed by atoms with E-state index in [1.165, 1.54) is 10.6 Å². The minimum Gasteiger partial charge on any atom is -0.385 e. The normalized spacial score (nSPS) is 13.3. The molecule has 142 valence electrons. The Labute approximate surface area is 162 Å². The molecule has 0 aliphatic heterocycles. The van der Waals surface area contributed by atoms with Gasteiger partial charge in [0.1, 0.15) is 5.56 Å². The second-order valence-electron chi connectivity index (χ2n) is 6.41. The molecule has 1 aliphatic rings. The van der Waals surface area contributed by atoms with Gasteiger partial charge >= 0.3 is 0 Å². The Bertz CT molecular complexity index is 919. The molecule has 0 radical (unpaired) electrons. The molecule has 2 aromatic rings. The first-order valence-corrected chi connectivity index (χ1v) is 9.26. The molecule has 1 N–H and O–H groups in total. The molecule has 1 aliphatic carbocycles. The van der Waals surface area contributed by atoms with Crippen LogP contribution in [-0.4, -0.2) is 36.5 Å². The van der Waals surface area contributed by atoms with Crippen molar-refractivity contribution in [3.63, 3.8) is 0 Å². The second-order valence-corrected chi connectivity index (χ2v) is 6.85. The van der Waals surface area contributed by atoms with Gasteiger partial charge in [0.2, 0.25) is 0 Å². The number of ether oxygens (including phenoxy) is 1. The van der Waals surface area contributed by atoms with Crippen LogP contribution in [0.2, 0.25) is 5.02 Å². The summed E-state index contributed by atoms with van der Waals surface area (Å²) in [5.74, 6) is -0.535. The molecule has 6 nitrogen and oxygen atoms in total. The van der Waals surface area contributed by atoms with E-state index in [2.05, 4.69) is 5.32 Å². The maximum absolute atomic E-state index is 13.1. The van der Waals surface area contributed by atoms with Gasteiger partial charge in [0.15, 0.2) is 5.78 Å². The smallest absolute Gasteiger partial charge is 0.268 e. The van der Waals surface area contributed by atoms with E-state index in [1.807, 2.05) is 0 Å². The van der Waals surface area contributed by atoms with Gasteiger partial charge in [0, 0.05) is 48.6 Å². The number of amides is 1. The largest absolute Gasteiger partial charge is 0.385 e. The van der Waals surface area contributed by atoms with E-state index in [9.17, 15) is 14.4 Å². The third kappa shape index (κ3) is 4.12. The van der Waals surface area contributed by atoms with Gasteiger partial charge in [-0.15, -0.1) is 0 Å². The highest BCUT2D eigenvalue weighted by molar-refractivity contribution is 6.30. The van der Waals surface area contributed by atoms with E-state index in [1.54, 1.807) is 31.4 Å². The summed E-state index contributed by atoms with van der Waals surface area (Å²) in [7, 11) is 1.59. The average molecular weight is 389 g/mol. The lowest BCUT2D eigenvalue weighted by Crippen LogP contribution is -2.36. The highest BCUT2D eigenvalue weighted by Crippen LogP contribution is 2.24. The molecule has 1 aromatic heterocycles. The summed E-state index contributed by atoms with van der Waals surface area (Å²) < 4.78 is 6.42. The molecular weight excluding hydrogens is 368 g/mol. The number of hydrogen-bond donors (Lipinski definition) is 1. The van der Waals surface area contributed by atoms with Crippen molar-refractivity contribution in [2.24, 2.45) is 0 Å². The minimum absolute atomic E-state index is 0.0311. The lowest BCUT2D eigenvalue weighted by molar-refractivity contribution is 0.0946. The van der Waals surface area contributed by atoms with E-state index in [0.717, 1.165) is 0 Å². The fourth-order valence-electron chi connectivity index (χ4n) is 3.23. The minimum atomic E-state index is -0.486. The van der Waals surface area contributed by atoms with Gasteiger partial charge in [-0.1, -0.05) is 11.6 Å². The van der Waals surface area contributed by atoms with Crippen LogP contribution >= 0.6 is 11.6 Å². The number of fused-ring (bicyclic) bond motifs is 1. The molecule has 1 heterocycles. The summed E-state index contributed by atoms with van der Waals surface area (Å²) in [5.41, 5.74) is 1.21. The zero-order chi connectivity index (χ0) is 19.4. The zero-order valence-electron chi connectivity index (χ0n) is 15.1. The Hall–Kier alpha value is -2.44. The van der Waals surface area contributed by atoms with Crippen molar-refractivity contribution in [2.75, 3.05) is 20.3 Å². The number of hydrogen-bond acceptors (Lipinski definition) is 4. The summed E-state index contributed by atoms with van der Waals surface area (Å²) in [6, 6.07) is 8.22. The molecule has 27 heavy (non-hydrogen) atoms. The van der Waals surface area contributed by atoms with Crippen LogP contribution < -0.4 is 10.9 Å². The van der Waals surface area contributed by atoms with Crippen molar-refractivity contribution >= 4 is 23.3 Å². The predicted octanol–water partition coefficient (Wildman–Crippen LogP) is 2.78. The van der Waals surface area contributed by atoms with E-state index >= 15 is 0 Å². The molecule has 0 bridgehead atoms. The van der Waals surface area contributed by atoms with Gasteiger partial charge in [-0.2, -0.15) is 0 Å².